The average Bonchev–Trinajstić information content (AvgIpc) is 2.73. The molecule has 29 heavy (non-hydrogen) atoms. The van der Waals surface area contributed by atoms with Gasteiger partial charge in [0, 0.05) is 23.4 Å². The zero-order chi connectivity index (χ0) is 21.2. The van der Waals surface area contributed by atoms with E-state index < -0.39 is 18.0 Å². The van der Waals surface area contributed by atoms with E-state index in [4.69, 9.17) is 18.9 Å². The monoisotopic (exact) mass is 399 g/mol. The molecule has 2 aromatic carbocycles. The van der Waals surface area contributed by atoms with Crippen molar-refractivity contribution in [2.24, 2.45) is 0 Å². The van der Waals surface area contributed by atoms with Gasteiger partial charge >= 0.3 is 5.97 Å². The van der Waals surface area contributed by atoms with E-state index >= 15 is 0 Å². The van der Waals surface area contributed by atoms with Crippen molar-refractivity contribution in [1.82, 2.24) is 0 Å². The summed E-state index contributed by atoms with van der Waals surface area (Å²) in [6, 6.07) is 12.1. The van der Waals surface area contributed by atoms with Gasteiger partial charge in [-0.15, -0.1) is 0 Å². The molecule has 154 valence electrons. The van der Waals surface area contributed by atoms with Gasteiger partial charge in [0.2, 0.25) is 0 Å². The molecule has 7 nitrogen and oxygen atoms in total. The van der Waals surface area contributed by atoms with Gasteiger partial charge in [-0.05, 0) is 56.3 Å². The van der Waals surface area contributed by atoms with E-state index in [1.165, 1.54) is 20.1 Å². The van der Waals surface area contributed by atoms with E-state index in [-0.39, 0.29) is 0 Å². The van der Waals surface area contributed by atoms with Crippen molar-refractivity contribution in [3.05, 3.63) is 54.1 Å². The summed E-state index contributed by atoms with van der Waals surface area (Å²) in [5.74, 6) is 0.829. The number of ether oxygens (including phenoxy) is 4. The lowest BCUT2D eigenvalue weighted by atomic mass is 10.1. The van der Waals surface area contributed by atoms with E-state index in [0.29, 0.717) is 35.1 Å². The molecule has 0 fully saturated rings. The maximum absolute atomic E-state index is 12.2. The number of esters is 1. The topological polar surface area (TPSA) is 83.1 Å². The molecule has 0 spiro atoms. The van der Waals surface area contributed by atoms with Crippen LogP contribution in [-0.2, 0) is 14.3 Å². The fraction of sp³-hybridized carbons (Fsp3) is 0.273. The van der Waals surface area contributed by atoms with Gasteiger partial charge in [-0.25, -0.2) is 4.79 Å². The number of benzene rings is 2. The fourth-order valence-electron chi connectivity index (χ4n) is 2.43. The maximum atomic E-state index is 12.2. The van der Waals surface area contributed by atoms with E-state index in [9.17, 15) is 9.59 Å². The molecular weight excluding hydrogens is 374 g/mol. The second kappa shape index (κ2) is 10.8. The molecule has 1 atom stereocenters. The highest BCUT2D eigenvalue weighted by Gasteiger charge is 2.17. The first-order valence-corrected chi connectivity index (χ1v) is 9.11. The van der Waals surface area contributed by atoms with Crippen LogP contribution < -0.4 is 19.5 Å². The Balaban J connectivity index is 1.92. The van der Waals surface area contributed by atoms with Gasteiger partial charge < -0.3 is 24.3 Å². The van der Waals surface area contributed by atoms with Gasteiger partial charge in [0.15, 0.2) is 6.10 Å². The number of hydrogen-bond acceptors (Lipinski definition) is 6. The summed E-state index contributed by atoms with van der Waals surface area (Å²) in [7, 11) is 3.08. The summed E-state index contributed by atoms with van der Waals surface area (Å²) in [4.78, 5) is 24.3. The lowest BCUT2D eigenvalue weighted by molar-refractivity contribution is -0.148. The summed E-state index contributed by atoms with van der Waals surface area (Å²) in [6.45, 7) is 3.96. The van der Waals surface area contributed by atoms with Crippen LogP contribution in [0.4, 0.5) is 5.69 Å². The molecular formula is C22H25NO6. The van der Waals surface area contributed by atoms with Gasteiger partial charge in [0.1, 0.15) is 17.2 Å². The molecule has 7 heteroatoms. The van der Waals surface area contributed by atoms with Crippen molar-refractivity contribution in [2.75, 3.05) is 26.1 Å². The molecule has 0 aromatic heterocycles. The predicted octanol–water partition coefficient (Wildman–Crippen LogP) is 3.69. The largest absolute Gasteiger partial charge is 0.497 e. The minimum Gasteiger partial charge on any atom is -0.497 e. The van der Waals surface area contributed by atoms with Gasteiger partial charge in [0.05, 0.1) is 20.8 Å². The second-order valence-electron chi connectivity index (χ2n) is 5.97. The minimum absolute atomic E-state index is 0.432. The fourth-order valence-corrected chi connectivity index (χ4v) is 2.43. The van der Waals surface area contributed by atoms with Crippen LogP contribution in [0.25, 0.3) is 6.08 Å². The number of amides is 1. The summed E-state index contributed by atoms with van der Waals surface area (Å²) in [6.07, 6.45) is 1.83. The van der Waals surface area contributed by atoms with E-state index in [1.807, 2.05) is 6.92 Å². The number of anilines is 1. The van der Waals surface area contributed by atoms with Crippen LogP contribution in [0, 0.1) is 0 Å². The van der Waals surface area contributed by atoms with Crippen LogP contribution in [0.3, 0.4) is 0 Å². The summed E-state index contributed by atoms with van der Waals surface area (Å²) >= 11 is 0. The standard InChI is InChI=1S/C22H25NO6/c1-5-28-18-11-8-17(9-12-18)23-22(25)15(2)29-21(24)13-7-16-6-10-19(26-3)14-20(16)27-4/h6-15H,5H2,1-4H3,(H,23,25). The highest BCUT2D eigenvalue weighted by Crippen LogP contribution is 2.25. The zero-order valence-corrected chi connectivity index (χ0v) is 16.9. The van der Waals surface area contributed by atoms with Crippen LogP contribution in [0.1, 0.15) is 19.4 Å². The Kier molecular flexibility index (Phi) is 8.09. The molecule has 2 aromatic rings. The molecule has 1 amide bonds. The van der Waals surface area contributed by atoms with Crippen LogP contribution in [0.5, 0.6) is 17.2 Å². The number of carbonyl (C=O) groups excluding carboxylic acids is 2. The molecule has 0 aliphatic carbocycles. The van der Waals surface area contributed by atoms with Gasteiger partial charge in [-0.2, -0.15) is 0 Å². The first-order chi connectivity index (χ1) is 14.0. The third-order valence-corrected chi connectivity index (χ3v) is 3.93. The molecule has 2 rings (SSSR count). The van der Waals surface area contributed by atoms with Crippen molar-refractivity contribution in [3.8, 4) is 17.2 Å². The molecule has 0 heterocycles. The quantitative estimate of drug-likeness (QED) is 0.512. The number of rotatable bonds is 9. The lowest BCUT2D eigenvalue weighted by Crippen LogP contribution is -2.29. The Hall–Kier alpha value is -3.48. The van der Waals surface area contributed by atoms with E-state index in [1.54, 1.807) is 55.7 Å². The molecule has 0 radical (unpaired) electrons. The first kappa shape index (κ1) is 21.8. The normalized spacial score (nSPS) is 11.6. The molecule has 1 unspecified atom stereocenters. The molecule has 0 saturated heterocycles. The van der Waals surface area contributed by atoms with Crippen LogP contribution in [0.15, 0.2) is 48.5 Å². The number of carbonyl (C=O) groups is 2. The van der Waals surface area contributed by atoms with Crippen LogP contribution in [-0.4, -0.2) is 38.8 Å². The van der Waals surface area contributed by atoms with Gasteiger partial charge in [0.25, 0.3) is 5.91 Å². The van der Waals surface area contributed by atoms with Crippen molar-refractivity contribution >= 4 is 23.6 Å². The van der Waals surface area contributed by atoms with Crippen molar-refractivity contribution in [3.63, 3.8) is 0 Å². The SMILES string of the molecule is CCOc1ccc(NC(=O)C(C)OC(=O)C=Cc2ccc(OC)cc2OC)cc1. The Morgan fingerprint density at radius 3 is 2.34 bits per heavy atom. The molecule has 0 saturated carbocycles. The van der Waals surface area contributed by atoms with Crippen LogP contribution >= 0.6 is 0 Å². The zero-order valence-electron chi connectivity index (χ0n) is 16.9. The highest BCUT2D eigenvalue weighted by atomic mass is 16.5. The smallest absolute Gasteiger partial charge is 0.331 e. The van der Waals surface area contributed by atoms with Gasteiger partial charge in [-0.3, -0.25) is 4.79 Å². The number of nitrogens with one attached hydrogen (secondary N) is 1. The van der Waals surface area contributed by atoms with E-state index in [2.05, 4.69) is 5.32 Å². The maximum Gasteiger partial charge on any atom is 0.331 e. The molecule has 0 aliphatic heterocycles. The first-order valence-electron chi connectivity index (χ1n) is 9.11. The number of hydrogen-bond donors (Lipinski definition) is 1. The van der Waals surface area contributed by atoms with Crippen LogP contribution in [0.2, 0.25) is 0 Å². The Morgan fingerprint density at radius 2 is 1.72 bits per heavy atom. The Bertz CT molecular complexity index is 860. The highest BCUT2D eigenvalue weighted by molar-refractivity contribution is 5.96. The number of methoxy groups -OCH3 is 2. The minimum atomic E-state index is -0.962. The third kappa shape index (κ3) is 6.57. The van der Waals surface area contributed by atoms with E-state index in [0.717, 1.165) is 0 Å². The third-order valence-electron chi connectivity index (χ3n) is 3.93. The molecule has 0 bridgehead atoms. The summed E-state index contributed by atoms with van der Waals surface area (Å²) in [5.41, 5.74) is 1.26. The van der Waals surface area contributed by atoms with Gasteiger partial charge in [-0.1, -0.05) is 0 Å². The lowest BCUT2D eigenvalue weighted by Gasteiger charge is -2.13. The van der Waals surface area contributed by atoms with Crippen molar-refractivity contribution in [2.45, 2.75) is 20.0 Å². The average molecular weight is 399 g/mol. The predicted molar refractivity (Wildman–Crippen MR) is 110 cm³/mol. The molecule has 1 N–H and O–H groups in total. The summed E-state index contributed by atoms with van der Waals surface area (Å²) < 4.78 is 20.9. The second-order valence-corrected chi connectivity index (χ2v) is 5.97. The Morgan fingerprint density at radius 1 is 1.03 bits per heavy atom. The Labute approximate surface area is 170 Å². The summed E-state index contributed by atoms with van der Waals surface area (Å²) in [5, 5.41) is 2.69. The van der Waals surface area contributed by atoms with Crippen molar-refractivity contribution in [1.29, 1.82) is 0 Å². The van der Waals surface area contributed by atoms with Crippen molar-refractivity contribution < 1.29 is 28.5 Å². The molecule has 0 aliphatic rings.